The van der Waals surface area contributed by atoms with Crippen LogP contribution in [0.2, 0.25) is 0 Å². The quantitative estimate of drug-likeness (QED) is 0.736. The smallest absolute Gasteiger partial charge is 0.125 e. The minimum atomic E-state index is -0.598. The van der Waals surface area contributed by atoms with Gasteiger partial charge in [0.2, 0.25) is 0 Å². The molecule has 0 aliphatic rings. The zero-order chi connectivity index (χ0) is 13.4. The third-order valence-electron chi connectivity index (χ3n) is 2.87. The topological polar surface area (TPSA) is 52.9 Å². The Bertz CT molecular complexity index is 344. The fraction of sp³-hybridized carbons (Fsp3) is 0.571. The number of rotatable bonds is 8. The van der Waals surface area contributed by atoms with E-state index in [1.54, 1.807) is 0 Å². The molecule has 0 spiro atoms. The lowest BCUT2D eigenvalue weighted by Gasteiger charge is -2.24. The van der Waals surface area contributed by atoms with Gasteiger partial charge in [0.15, 0.2) is 0 Å². The minimum Gasteiger partial charge on any atom is -0.493 e. The predicted molar refractivity (Wildman–Crippen MR) is 71.8 cm³/mol. The second-order valence-corrected chi connectivity index (χ2v) is 4.10. The van der Waals surface area contributed by atoms with Gasteiger partial charge in [0.05, 0.1) is 19.3 Å². The summed E-state index contributed by atoms with van der Waals surface area (Å²) in [5, 5.41) is 19.2. The van der Waals surface area contributed by atoms with Crippen LogP contribution in [0.3, 0.4) is 0 Å². The molecule has 0 bridgehead atoms. The highest BCUT2D eigenvalue weighted by Crippen LogP contribution is 2.25. The molecule has 1 aromatic rings. The van der Waals surface area contributed by atoms with E-state index in [1.807, 2.05) is 43.0 Å². The molecule has 0 fully saturated rings. The summed E-state index contributed by atoms with van der Waals surface area (Å²) in [7, 11) is 0. The van der Waals surface area contributed by atoms with E-state index in [2.05, 4.69) is 0 Å². The fourth-order valence-corrected chi connectivity index (χ4v) is 1.91. The Hall–Kier alpha value is -1.10. The second-order valence-electron chi connectivity index (χ2n) is 4.10. The van der Waals surface area contributed by atoms with Gasteiger partial charge < -0.3 is 14.9 Å². The Balaban J connectivity index is 2.73. The molecule has 0 aliphatic heterocycles. The molecule has 102 valence electrons. The van der Waals surface area contributed by atoms with Crippen molar-refractivity contribution < 1.29 is 14.9 Å². The molecule has 1 rings (SSSR count). The van der Waals surface area contributed by atoms with Crippen LogP contribution in [0.15, 0.2) is 24.3 Å². The Labute approximate surface area is 109 Å². The van der Waals surface area contributed by atoms with Crippen molar-refractivity contribution in [1.29, 1.82) is 0 Å². The first-order valence-electron chi connectivity index (χ1n) is 6.45. The second kappa shape index (κ2) is 8.08. The van der Waals surface area contributed by atoms with Gasteiger partial charge in [-0.25, -0.2) is 0 Å². The SMILES string of the molecule is CCOc1ccccc1C(O)CN(CC)CCO. The van der Waals surface area contributed by atoms with E-state index >= 15 is 0 Å². The van der Waals surface area contributed by atoms with Crippen LogP contribution in [0.25, 0.3) is 0 Å². The summed E-state index contributed by atoms with van der Waals surface area (Å²) >= 11 is 0. The number of hydrogen-bond donors (Lipinski definition) is 2. The first kappa shape index (κ1) is 15.0. The van der Waals surface area contributed by atoms with E-state index in [0.29, 0.717) is 19.7 Å². The molecule has 0 saturated heterocycles. The maximum atomic E-state index is 10.3. The van der Waals surface area contributed by atoms with E-state index < -0.39 is 6.10 Å². The van der Waals surface area contributed by atoms with Gasteiger partial charge in [0, 0.05) is 18.7 Å². The normalized spacial score (nSPS) is 12.7. The highest BCUT2D eigenvalue weighted by Gasteiger charge is 2.15. The molecule has 0 amide bonds. The lowest BCUT2D eigenvalue weighted by Crippen LogP contribution is -2.31. The first-order valence-corrected chi connectivity index (χ1v) is 6.45. The van der Waals surface area contributed by atoms with Gasteiger partial charge in [-0.15, -0.1) is 0 Å². The summed E-state index contributed by atoms with van der Waals surface area (Å²) in [5.41, 5.74) is 0.802. The lowest BCUT2D eigenvalue weighted by molar-refractivity contribution is 0.101. The number of aliphatic hydroxyl groups is 2. The molecular formula is C14H23NO3. The summed E-state index contributed by atoms with van der Waals surface area (Å²) in [5.74, 6) is 0.729. The van der Waals surface area contributed by atoms with Crippen LogP contribution >= 0.6 is 0 Å². The zero-order valence-corrected chi connectivity index (χ0v) is 11.2. The Kier molecular flexibility index (Phi) is 6.72. The lowest BCUT2D eigenvalue weighted by atomic mass is 10.1. The van der Waals surface area contributed by atoms with Gasteiger partial charge in [-0.2, -0.15) is 0 Å². The number of para-hydroxylation sites is 1. The number of ether oxygens (including phenoxy) is 1. The average molecular weight is 253 g/mol. The summed E-state index contributed by atoms with van der Waals surface area (Å²) in [4.78, 5) is 2.01. The van der Waals surface area contributed by atoms with Crippen molar-refractivity contribution in [2.45, 2.75) is 20.0 Å². The van der Waals surface area contributed by atoms with E-state index in [0.717, 1.165) is 17.9 Å². The van der Waals surface area contributed by atoms with Crippen molar-refractivity contribution in [3.05, 3.63) is 29.8 Å². The summed E-state index contributed by atoms with van der Waals surface area (Å²) in [6, 6.07) is 7.53. The zero-order valence-electron chi connectivity index (χ0n) is 11.2. The molecular weight excluding hydrogens is 230 g/mol. The van der Waals surface area contributed by atoms with Crippen LogP contribution in [0, 0.1) is 0 Å². The molecule has 1 unspecified atom stereocenters. The molecule has 4 heteroatoms. The third kappa shape index (κ3) is 4.29. The maximum absolute atomic E-state index is 10.3. The highest BCUT2D eigenvalue weighted by molar-refractivity contribution is 5.35. The van der Waals surface area contributed by atoms with Crippen LogP contribution in [0.5, 0.6) is 5.75 Å². The van der Waals surface area contributed by atoms with Crippen molar-refractivity contribution in [3.63, 3.8) is 0 Å². The molecule has 0 radical (unpaired) electrons. The summed E-state index contributed by atoms with van der Waals surface area (Å²) in [6.07, 6.45) is -0.598. The monoisotopic (exact) mass is 253 g/mol. The fourth-order valence-electron chi connectivity index (χ4n) is 1.91. The van der Waals surface area contributed by atoms with Gasteiger partial charge in [0.25, 0.3) is 0 Å². The third-order valence-corrected chi connectivity index (χ3v) is 2.87. The van der Waals surface area contributed by atoms with E-state index in [4.69, 9.17) is 9.84 Å². The van der Waals surface area contributed by atoms with Crippen LogP contribution in [-0.2, 0) is 0 Å². The molecule has 0 aromatic heterocycles. The molecule has 1 atom stereocenters. The van der Waals surface area contributed by atoms with Crippen molar-refractivity contribution >= 4 is 0 Å². The number of benzene rings is 1. The van der Waals surface area contributed by atoms with Crippen molar-refractivity contribution in [3.8, 4) is 5.75 Å². The van der Waals surface area contributed by atoms with Gasteiger partial charge in [-0.3, -0.25) is 4.90 Å². The van der Waals surface area contributed by atoms with Crippen LogP contribution < -0.4 is 4.74 Å². The van der Waals surface area contributed by atoms with Crippen molar-refractivity contribution in [2.75, 3.05) is 32.8 Å². The average Bonchev–Trinajstić information content (AvgIpc) is 2.39. The van der Waals surface area contributed by atoms with Gasteiger partial charge >= 0.3 is 0 Å². The Morgan fingerprint density at radius 3 is 2.61 bits per heavy atom. The first-order chi connectivity index (χ1) is 8.72. The summed E-state index contributed by atoms with van der Waals surface area (Å²) < 4.78 is 5.51. The Morgan fingerprint density at radius 2 is 2.00 bits per heavy atom. The largest absolute Gasteiger partial charge is 0.493 e. The highest BCUT2D eigenvalue weighted by atomic mass is 16.5. The van der Waals surface area contributed by atoms with Crippen molar-refractivity contribution in [2.24, 2.45) is 0 Å². The molecule has 2 N–H and O–H groups in total. The minimum absolute atomic E-state index is 0.105. The van der Waals surface area contributed by atoms with Crippen LogP contribution in [0.4, 0.5) is 0 Å². The molecule has 18 heavy (non-hydrogen) atoms. The van der Waals surface area contributed by atoms with Gasteiger partial charge in [-0.1, -0.05) is 25.1 Å². The van der Waals surface area contributed by atoms with E-state index in [1.165, 1.54) is 0 Å². The van der Waals surface area contributed by atoms with E-state index in [9.17, 15) is 5.11 Å². The van der Waals surface area contributed by atoms with Gasteiger partial charge in [-0.05, 0) is 19.5 Å². The van der Waals surface area contributed by atoms with Crippen LogP contribution in [0.1, 0.15) is 25.5 Å². The number of likely N-dealkylation sites (N-methyl/N-ethyl adjacent to an activating group) is 1. The molecule has 4 nitrogen and oxygen atoms in total. The molecule has 0 saturated carbocycles. The predicted octanol–water partition coefficient (Wildman–Crippen LogP) is 1.43. The number of aliphatic hydroxyl groups excluding tert-OH is 2. The number of hydrogen-bond acceptors (Lipinski definition) is 4. The van der Waals surface area contributed by atoms with Crippen LogP contribution in [-0.4, -0.2) is 48.0 Å². The van der Waals surface area contributed by atoms with Gasteiger partial charge in [0.1, 0.15) is 5.75 Å². The Morgan fingerprint density at radius 1 is 1.28 bits per heavy atom. The molecule has 1 aromatic carbocycles. The standard InChI is InChI=1S/C14H23NO3/c1-3-15(9-10-16)11-13(17)12-7-5-6-8-14(12)18-4-2/h5-8,13,16-17H,3-4,9-11H2,1-2H3. The molecule has 0 heterocycles. The summed E-state index contributed by atoms with van der Waals surface area (Å²) in [6.45, 7) is 6.50. The van der Waals surface area contributed by atoms with E-state index in [-0.39, 0.29) is 6.61 Å². The van der Waals surface area contributed by atoms with Crippen molar-refractivity contribution in [1.82, 2.24) is 4.90 Å². The number of nitrogens with zero attached hydrogens (tertiary/aromatic N) is 1. The molecule has 0 aliphatic carbocycles. The maximum Gasteiger partial charge on any atom is 0.125 e.